The van der Waals surface area contributed by atoms with Gasteiger partial charge in [-0.15, -0.1) is 0 Å². The number of phenolic OH excluding ortho intramolecular Hbond substituents is 1. The maximum atomic E-state index is 9.45. The monoisotopic (exact) mass is 229 g/mol. The van der Waals surface area contributed by atoms with Crippen LogP contribution in [0.5, 0.6) is 11.5 Å². The van der Waals surface area contributed by atoms with Crippen molar-refractivity contribution in [2.75, 3.05) is 6.61 Å². The predicted octanol–water partition coefficient (Wildman–Crippen LogP) is 3.16. The largest absolute Gasteiger partial charge is 0.508 e. The third kappa shape index (κ3) is 2.56. The number of rotatable bonds is 3. The maximum Gasteiger partial charge on any atom is 0.132 e. The van der Waals surface area contributed by atoms with E-state index in [-0.39, 0.29) is 5.75 Å². The number of hydrogen-bond acceptors (Lipinski definition) is 3. The van der Waals surface area contributed by atoms with Gasteiger partial charge in [-0.05, 0) is 37.6 Å². The van der Waals surface area contributed by atoms with Crippen LogP contribution in [0.3, 0.4) is 0 Å². The Kier molecular flexibility index (Phi) is 3.28. The lowest BCUT2D eigenvalue weighted by Gasteiger charge is -2.10. The summed E-state index contributed by atoms with van der Waals surface area (Å²) in [7, 11) is 0. The highest BCUT2D eigenvalue weighted by Crippen LogP contribution is 2.31. The summed E-state index contributed by atoms with van der Waals surface area (Å²) in [5.74, 6) is 0.855. The minimum Gasteiger partial charge on any atom is -0.508 e. The molecule has 0 atom stereocenters. The summed E-state index contributed by atoms with van der Waals surface area (Å²) in [4.78, 5) is 4.36. The lowest BCUT2D eigenvalue weighted by molar-refractivity contribution is 0.339. The normalized spacial score (nSPS) is 10.2. The first-order valence-corrected chi connectivity index (χ1v) is 5.59. The Morgan fingerprint density at radius 2 is 2.06 bits per heavy atom. The van der Waals surface area contributed by atoms with Gasteiger partial charge in [-0.3, -0.25) is 4.98 Å². The van der Waals surface area contributed by atoms with E-state index in [1.165, 1.54) is 0 Å². The molecule has 3 nitrogen and oxygen atoms in total. The summed E-state index contributed by atoms with van der Waals surface area (Å²) in [6.07, 6.45) is 1.82. The highest BCUT2D eigenvalue weighted by molar-refractivity contribution is 5.68. The van der Waals surface area contributed by atoms with E-state index in [0.717, 1.165) is 16.8 Å². The highest BCUT2D eigenvalue weighted by atomic mass is 16.5. The molecule has 88 valence electrons. The van der Waals surface area contributed by atoms with Gasteiger partial charge >= 0.3 is 0 Å². The van der Waals surface area contributed by atoms with Crippen molar-refractivity contribution in [1.29, 1.82) is 0 Å². The van der Waals surface area contributed by atoms with Crippen LogP contribution in [-0.2, 0) is 0 Å². The zero-order chi connectivity index (χ0) is 12.3. The smallest absolute Gasteiger partial charge is 0.132 e. The molecule has 3 heteroatoms. The predicted molar refractivity (Wildman–Crippen MR) is 67.2 cm³/mol. The van der Waals surface area contributed by atoms with Crippen molar-refractivity contribution in [3.63, 3.8) is 0 Å². The van der Waals surface area contributed by atoms with Crippen LogP contribution in [0.15, 0.2) is 36.5 Å². The van der Waals surface area contributed by atoms with Gasteiger partial charge in [0.1, 0.15) is 11.5 Å². The topological polar surface area (TPSA) is 42.4 Å². The van der Waals surface area contributed by atoms with Crippen LogP contribution in [0.25, 0.3) is 11.3 Å². The fourth-order valence-electron chi connectivity index (χ4n) is 1.62. The molecular formula is C14H15NO2. The van der Waals surface area contributed by atoms with Crippen LogP contribution in [0.1, 0.15) is 12.5 Å². The van der Waals surface area contributed by atoms with E-state index < -0.39 is 0 Å². The van der Waals surface area contributed by atoms with E-state index >= 15 is 0 Å². The number of aryl methyl sites for hydroxylation is 1. The molecule has 0 radical (unpaired) electrons. The minimum absolute atomic E-state index is 0.198. The van der Waals surface area contributed by atoms with Crippen molar-refractivity contribution in [2.24, 2.45) is 0 Å². The first-order chi connectivity index (χ1) is 8.20. The van der Waals surface area contributed by atoms with Gasteiger partial charge in [0.25, 0.3) is 0 Å². The summed E-state index contributed by atoms with van der Waals surface area (Å²) >= 11 is 0. The van der Waals surface area contributed by atoms with Crippen molar-refractivity contribution in [3.05, 3.63) is 42.1 Å². The van der Waals surface area contributed by atoms with Crippen LogP contribution in [0.2, 0.25) is 0 Å². The summed E-state index contributed by atoms with van der Waals surface area (Å²) in [6.45, 7) is 4.47. The second-order valence-electron chi connectivity index (χ2n) is 3.83. The van der Waals surface area contributed by atoms with E-state index in [4.69, 9.17) is 4.74 Å². The number of nitrogens with zero attached hydrogens (tertiary/aromatic N) is 1. The van der Waals surface area contributed by atoms with Gasteiger partial charge < -0.3 is 9.84 Å². The van der Waals surface area contributed by atoms with Gasteiger partial charge in [0.05, 0.1) is 12.3 Å². The van der Waals surface area contributed by atoms with Gasteiger partial charge in [-0.1, -0.05) is 6.07 Å². The molecule has 1 aromatic carbocycles. The van der Waals surface area contributed by atoms with E-state index in [1.807, 2.05) is 38.2 Å². The SMILES string of the molecule is CCOc1cc(O)ccc1-c1ccc(C)cn1. The first kappa shape index (κ1) is 11.5. The number of aromatic hydroxyl groups is 1. The third-order valence-electron chi connectivity index (χ3n) is 2.45. The molecule has 0 aliphatic heterocycles. The molecule has 1 aromatic heterocycles. The van der Waals surface area contributed by atoms with E-state index in [9.17, 15) is 5.11 Å². The van der Waals surface area contributed by atoms with Crippen LogP contribution in [-0.4, -0.2) is 16.7 Å². The first-order valence-electron chi connectivity index (χ1n) is 5.59. The van der Waals surface area contributed by atoms with E-state index in [2.05, 4.69) is 4.98 Å². The lowest BCUT2D eigenvalue weighted by Crippen LogP contribution is -1.95. The molecule has 0 unspecified atom stereocenters. The Bertz CT molecular complexity index is 506. The number of phenols is 1. The Hall–Kier alpha value is -2.03. The molecule has 2 aromatic rings. The van der Waals surface area contributed by atoms with Crippen molar-refractivity contribution in [3.8, 4) is 22.8 Å². The molecule has 0 bridgehead atoms. The number of aromatic nitrogens is 1. The molecule has 1 heterocycles. The molecule has 0 fully saturated rings. The molecule has 0 aliphatic rings. The van der Waals surface area contributed by atoms with E-state index in [0.29, 0.717) is 12.4 Å². The summed E-state index contributed by atoms with van der Waals surface area (Å²) in [5.41, 5.74) is 2.86. The summed E-state index contributed by atoms with van der Waals surface area (Å²) < 4.78 is 5.50. The van der Waals surface area contributed by atoms with Gasteiger partial charge in [0, 0.05) is 17.8 Å². The van der Waals surface area contributed by atoms with Crippen molar-refractivity contribution in [2.45, 2.75) is 13.8 Å². The fourth-order valence-corrected chi connectivity index (χ4v) is 1.62. The standard InChI is InChI=1S/C14H15NO2/c1-3-17-14-8-11(16)5-6-12(14)13-7-4-10(2)9-15-13/h4-9,16H,3H2,1-2H3. The summed E-state index contributed by atoms with van der Waals surface area (Å²) in [6, 6.07) is 9.02. The van der Waals surface area contributed by atoms with Gasteiger partial charge in [0.2, 0.25) is 0 Å². The van der Waals surface area contributed by atoms with Crippen molar-refractivity contribution >= 4 is 0 Å². The number of ether oxygens (including phenoxy) is 1. The molecule has 0 saturated heterocycles. The zero-order valence-corrected chi connectivity index (χ0v) is 9.97. The second-order valence-corrected chi connectivity index (χ2v) is 3.83. The average Bonchev–Trinajstić information content (AvgIpc) is 2.31. The van der Waals surface area contributed by atoms with Gasteiger partial charge in [0.15, 0.2) is 0 Å². The molecule has 0 spiro atoms. The second kappa shape index (κ2) is 4.87. The lowest BCUT2D eigenvalue weighted by atomic mass is 10.1. The van der Waals surface area contributed by atoms with Crippen LogP contribution in [0.4, 0.5) is 0 Å². The van der Waals surface area contributed by atoms with Crippen molar-refractivity contribution in [1.82, 2.24) is 4.98 Å². The maximum absolute atomic E-state index is 9.45. The Morgan fingerprint density at radius 1 is 1.24 bits per heavy atom. The number of hydrogen-bond donors (Lipinski definition) is 1. The van der Waals surface area contributed by atoms with Gasteiger partial charge in [-0.2, -0.15) is 0 Å². The Balaban J connectivity index is 2.46. The molecule has 1 N–H and O–H groups in total. The highest BCUT2D eigenvalue weighted by Gasteiger charge is 2.08. The molecule has 17 heavy (non-hydrogen) atoms. The van der Waals surface area contributed by atoms with Crippen molar-refractivity contribution < 1.29 is 9.84 Å². The van der Waals surface area contributed by atoms with Crippen LogP contribution < -0.4 is 4.74 Å². The molecule has 0 aliphatic carbocycles. The van der Waals surface area contributed by atoms with Gasteiger partial charge in [-0.25, -0.2) is 0 Å². The number of benzene rings is 1. The summed E-state index contributed by atoms with van der Waals surface area (Å²) in [5, 5.41) is 9.45. The zero-order valence-electron chi connectivity index (χ0n) is 9.97. The van der Waals surface area contributed by atoms with Crippen LogP contribution >= 0.6 is 0 Å². The molecule has 0 amide bonds. The molecule has 0 saturated carbocycles. The third-order valence-corrected chi connectivity index (χ3v) is 2.45. The quantitative estimate of drug-likeness (QED) is 0.879. The molecular weight excluding hydrogens is 214 g/mol. The Morgan fingerprint density at radius 3 is 2.71 bits per heavy atom. The minimum atomic E-state index is 0.198. The Labute approximate surface area is 101 Å². The average molecular weight is 229 g/mol. The van der Waals surface area contributed by atoms with Crippen LogP contribution in [0, 0.1) is 6.92 Å². The number of pyridine rings is 1. The fraction of sp³-hybridized carbons (Fsp3) is 0.214. The van der Waals surface area contributed by atoms with E-state index in [1.54, 1.807) is 12.1 Å². The molecule has 2 rings (SSSR count).